The van der Waals surface area contributed by atoms with Gasteiger partial charge in [0.2, 0.25) is 0 Å². The maximum Gasteiger partial charge on any atom is 0.344 e. The van der Waals surface area contributed by atoms with Gasteiger partial charge in [-0.1, -0.05) is 12.7 Å². The second-order valence-electron chi connectivity index (χ2n) is 4.77. The molecule has 0 aromatic carbocycles. The SMILES string of the molecule is C=CCOCC(=C)C(=O)OCC(=O)OC(C)C(C)(C)O. The molecular weight excluding hydrogens is 264 g/mol. The van der Waals surface area contributed by atoms with Crippen LogP contribution in [0.25, 0.3) is 0 Å². The molecule has 0 aromatic rings. The van der Waals surface area contributed by atoms with Crippen molar-refractivity contribution in [2.24, 2.45) is 0 Å². The molecular formula is C14H22O6. The molecule has 1 N–H and O–H groups in total. The molecule has 1 atom stereocenters. The third kappa shape index (κ3) is 7.70. The fourth-order valence-corrected chi connectivity index (χ4v) is 0.926. The van der Waals surface area contributed by atoms with Crippen LogP contribution >= 0.6 is 0 Å². The van der Waals surface area contributed by atoms with Crippen LogP contribution in [0.5, 0.6) is 0 Å². The van der Waals surface area contributed by atoms with Crippen molar-refractivity contribution in [3.63, 3.8) is 0 Å². The summed E-state index contributed by atoms with van der Waals surface area (Å²) in [4.78, 5) is 22.8. The lowest BCUT2D eigenvalue weighted by atomic mass is 10.0. The summed E-state index contributed by atoms with van der Waals surface area (Å²) in [6.07, 6.45) is 0.821. The Kier molecular flexibility index (Phi) is 7.79. The van der Waals surface area contributed by atoms with Crippen LogP contribution in [0.4, 0.5) is 0 Å². The molecule has 6 heteroatoms. The summed E-state index contributed by atoms with van der Waals surface area (Å²) in [5, 5.41) is 9.60. The van der Waals surface area contributed by atoms with Gasteiger partial charge < -0.3 is 19.3 Å². The van der Waals surface area contributed by atoms with E-state index in [4.69, 9.17) is 14.2 Å². The van der Waals surface area contributed by atoms with Gasteiger partial charge in [0.25, 0.3) is 0 Å². The smallest absolute Gasteiger partial charge is 0.344 e. The molecule has 0 amide bonds. The van der Waals surface area contributed by atoms with Crippen LogP contribution in [-0.2, 0) is 23.8 Å². The number of esters is 2. The molecule has 0 aromatic heterocycles. The first-order chi connectivity index (χ1) is 9.18. The van der Waals surface area contributed by atoms with Crippen LogP contribution in [-0.4, -0.2) is 48.6 Å². The third-order valence-corrected chi connectivity index (χ3v) is 2.42. The summed E-state index contributed by atoms with van der Waals surface area (Å²) in [5.74, 6) is -1.48. The van der Waals surface area contributed by atoms with E-state index in [9.17, 15) is 14.7 Å². The lowest BCUT2D eigenvalue weighted by molar-refractivity contribution is -0.168. The summed E-state index contributed by atoms with van der Waals surface area (Å²) in [5.41, 5.74) is -1.07. The molecule has 0 heterocycles. The van der Waals surface area contributed by atoms with Crippen molar-refractivity contribution in [3.8, 4) is 0 Å². The molecule has 1 unspecified atom stereocenters. The Bertz CT molecular complexity index is 366. The highest BCUT2D eigenvalue weighted by atomic mass is 16.6. The second kappa shape index (κ2) is 8.50. The Balaban J connectivity index is 4.03. The van der Waals surface area contributed by atoms with Crippen LogP contribution in [0.15, 0.2) is 24.8 Å². The summed E-state index contributed by atoms with van der Waals surface area (Å²) in [7, 11) is 0. The lowest BCUT2D eigenvalue weighted by Crippen LogP contribution is -2.38. The molecule has 0 aliphatic heterocycles. The number of rotatable bonds is 9. The molecule has 0 aliphatic rings. The van der Waals surface area contributed by atoms with Crippen LogP contribution in [0.1, 0.15) is 20.8 Å². The summed E-state index contributed by atoms with van der Waals surface area (Å²) < 4.78 is 14.6. The van der Waals surface area contributed by atoms with E-state index in [2.05, 4.69) is 13.2 Å². The zero-order chi connectivity index (χ0) is 15.8. The zero-order valence-electron chi connectivity index (χ0n) is 12.2. The number of carbonyl (C=O) groups is 2. The Morgan fingerprint density at radius 2 is 1.95 bits per heavy atom. The van der Waals surface area contributed by atoms with Gasteiger partial charge in [0.05, 0.1) is 24.4 Å². The minimum Gasteiger partial charge on any atom is -0.457 e. The molecule has 0 saturated carbocycles. The zero-order valence-corrected chi connectivity index (χ0v) is 12.2. The van der Waals surface area contributed by atoms with Crippen LogP contribution in [0.3, 0.4) is 0 Å². The minimum absolute atomic E-state index is 0.0000250. The van der Waals surface area contributed by atoms with Gasteiger partial charge in [0.1, 0.15) is 6.10 Å². The second-order valence-corrected chi connectivity index (χ2v) is 4.77. The number of hydrogen-bond acceptors (Lipinski definition) is 6. The van der Waals surface area contributed by atoms with Gasteiger partial charge in [0.15, 0.2) is 6.61 Å². The number of ether oxygens (including phenoxy) is 3. The first-order valence-electron chi connectivity index (χ1n) is 6.14. The first-order valence-corrected chi connectivity index (χ1v) is 6.14. The molecule has 0 radical (unpaired) electrons. The monoisotopic (exact) mass is 286 g/mol. The maximum absolute atomic E-state index is 11.4. The van der Waals surface area contributed by atoms with Crippen molar-refractivity contribution in [1.29, 1.82) is 0 Å². The Hall–Kier alpha value is -1.66. The summed E-state index contributed by atoms with van der Waals surface area (Å²) in [6, 6.07) is 0. The Morgan fingerprint density at radius 1 is 1.35 bits per heavy atom. The van der Waals surface area contributed by atoms with Crippen molar-refractivity contribution < 1.29 is 28.9 Å². The van der Waals surface area contributed by atoms with Gasteiger partial charge >= 0.3 is 11.9 Å². The lowest BCUT2D eigenvalue weighted by Gasteiger charge is -2.25. The van der Waals surface area contributed by atoms with E-state index in [1.807, 2.05) is 0 Å². The number of aliphatic hydroxyl groups is 1. The standard InChI is InChI=1S/C14H22O6/c1-6-7-18-8-10(2)13(16)19-9-12(15)20-11(3)14(4,5)17/h6,11,17H,1-2,7-9H2,3-5H3. The quantitative estimate of drug-likeness (QED) is 0.294. The third-order valence-electron chi connectivity index (χ3n) is 2.42. The van der Waals surface area contributed by atoms with Crippen molar-refractivity contribution in [2.75, 3.05) is 19.8 Å². The minimum atomic E-state index is -1.16. The van der Waals surface area contributed by atoms with Gasteiger partial charge in [0, 0.05) is 0 Å². The van der Waals surface area contributed by atoms with E-state index < -0.39 is 30.3 Å². The predicted octanol–water partition coefficient (Wildman–Crippen LogP) is 0.991. The fraction of sp³-hybridized carbons (Fsp3) is 0.571. The highest BCUT2D eigenvalue weighted by molar-refractivity contribution is 5.89. The van der Waals surface area contributed by atoms with Crippen molar-refractivity contribution in [2.45, 2.75) is 32.5 Å². The van der Waals surface area contributed by atoms with E-state index in [0.717, 1.165) is 0 Å². The molecule has 0 aliphatic carbocycles. The molecule has 0 spiro atoms. The van der Waals surface area contributed by atoms with Gasteiger partial charge in [-0.2, -0.15) is 0 Å². The average molecular weight is 286 g/mol. The topological polar surface area (TPSA) is 82.1 Å². The molecule has 0 bridgehead atoms. The van der Waals surface area contributed by atoms with Gasteiger partial charge in [-0.3, -0.25) is 0 Å². The average Bonchev–Trinajstić information content (AvgIpc) is 2.34. The van der Waals surface area contributed by atoms with Crippen molar-refractivity contribution in [3.05, 3.63) is 24.8 Å². The highest BCUT2D eigenvalue weighted by Crippen LogP contribution is 2.11. The van der Waals surface area contributed by atoms with E-state index in [-0.39, 0.29) is 18.8 Å². The van der Waals surface area contributed by atoms with Gasteiger partial charge in [-0.25, -0.2) is 9.59 Å². The summed E-state index contributed by atoms with van der Waals surface area (Å²) >= 11 is 0. The van der Waals surface area contributed by atoms with Crippen LogP contribution in [0.2, 0.25) is 0 Å². The number of carbonyl (C=O) groups excluding carboxylic acids is 2. The van der Waals surface area contributed by atoms with Crippen LogP contribution < -0.4 is 0 Å². The van der Waals surface area contributed by atoms with Gasteiger partial charge in [-0.05, 0) is 20.8 Å². The van der Waals surface area contributed by atoms with E-state index >= 15 is 0 Å². The van der Waals surface area contributed by atoms with Crippen molar-refractivity contribution in [1.82, 2.24) is 0 Å². The molecule has 20 heavy (non-hydrogen) atoms. The van der Waals surface area contributed by atoms with Crippen molar-refractivity contribution >= 4 is 11.9 Å². The largest absolute Gasteiger partial charge is 0.457 e. The Labute approximate surface area is 119 Å². The fourth-order valence-electron chi connectivity index (χ4n) is 0.926. The Morgan fingerprint density at radius 3 is 2.45 bits per heavy atom. The van der Waals surface area contributed by atoms with Gasteiger partial charge in [-0.15, -0.1) is 6.58 Å². The summed E-state index contributed by atoms with van der Waals surface area (Å²) in [6.45, 7) is 11.2. The van der Waals surface area contributed by atoms with E-state index in [1.165, 1.54) is 19.9 Å². The molecule has 0 fully saturated rings. The van der Waals surface area contributed by atoms with E-state index in [0.29, 0.717) is 0 Å². The normalized spacial score (nSPS) is 12.4. The molecule has 0 saturated heterocycles. The predicted molar refractivity (Wildman–Crippen MR) is 73.0 cm³/mol. The molecule has 0 rings (SSSR count). The highest BCUT2D eigenvalue weighted by Gasteiger charge is 2.26. The number of hydrogen-bond donors (Lipinski definition) is 1. The first kappa shape index (κ1) is 18.3. The maximum atomic E-state index is 11.4. The molecule has 114 valence electrons. The van der Waals surface area contributed by atoms with Crippen LogP contribution in [0, 0.1) is 0 Å². The molecule has 6 nitrogen and oxygen atoms in total. The van der Waals surface area contributed by atoms with E-state index in [1.54, 1.807) is 6.92 Å².